The summed E-state index contributed by atoms with van der Waals surface area (Å²) in [6, 6.07) is 14.6. The van der Waals surface area contributed by atoms with Crippen molar-refractivity contribution in [3.05, 3.63) is 69.2 Å². The van der Waals surface area contributed by atoms with E-state index < -0.39 is 4.92 Å². The number of nitrogens with zero attached hydrogens (tertiary/aromatic N) is 1. The van der Waals surface area contributed by atoms with Crippen LogP contribution in [0.1, 0.15) is 18.4 Å². The largest absolute Gasteiger partial charge is 0.378 e. The molecule has 0 aliphatic carbocycles. The highest BCUT2D eigenvalue weighted by Crippen LogP contribution is 2.32. The minimum absolute atomic E-state index is 0.00207. The molecular formula is C15H15ClN2O2. The van der Waals surface area contributed by atoms with Crippen molar-refractivity contribution in [1.29, 1.82) is 0 Å². The molecule has 2 aromatic rings. The normalized spacial score (nSPS) is 11.9. The summed E-state index contributed by atoms with van der Waals surface area (Å²) in [6.45, 7) is 2.64. The average Bonchev–Trinajstić information content (AvgIpc) is 2.46. The predicted molar refractivity (Wildman–Crippen MR) is 81.5 cm³/mol. The van der Waals surface area contributed by atoms with Gasteiger partial charge < -0.3 is 5.32 Å². The number of hydrogen-bond acceptors (Lipinski definition) is 3. The first-order valence-electron chi connectivity index (χ1n) is 6.31. The molecule has 0 aliphatic heterocycles. The van der Waals surface area contributed by atoms with Gasteiger partial charge in [-0.15, -0.1) is 0 Å². The van der Waals surface area contributed by atoms with Gasteiger partial charge >= 0.3 is 0 Å². The molecule has 4 nitrogen and oxygen atoms in total. The number of nitro benzene ring substituents is 1. The van der Waals surface area contributed by atoms with E-state index in [2.05, 4.69) is 12.2 Å². The number of halogens is 1. The van der Waals surface area contributed by atoms with Crippen molar-refractivity contribution in [2.75, 3.05) is 11.9 Å². The Labute approximate surface area is 122 Å². The third kappa shape index (κ3) is 3.27. The van der Waals surface area contributed by atoms with Gasteiger partial charge in [-0.25, -0.2) is 0 Å². The van der Waals surface area contributed by atoms with Crippen molar-refractivity contribution < 1.29 is 4.92 Å². The maximum Gasteiger partial charge on any atom is 0.293 e. The molecule has 20 heavy (non-hydrogen) atoms. The molecule has 1 unspecified atom stereocenters. The van der Waals surface area contributed by atoms with Gasteiger partial charge in [0.15, 0.2) is 0 Å². The fourth-order valence-electron chi connectivity index (χ4n) is 1.99. The van der Waals surface area contributed by atoms with Crippen molar-refractivity contribution in [2.24, 2.45) is 0 Å². The average molecular weight is 291 g/mol. The summed E-state index contributed by atoms with van der Waals surface area (Å²) < 4.78 is 0. The minimum Gasteiger partial charge on any atom is -0.378 e. The number of benzene rings is 2. The van der Waals surface area contributed by atoms with E-state index in [9.17, 15) is 10.1 Å². The maximum atomic E-state index is 11.0. The molecule has 1 atom stereocenters. The Balaban J connectivity index is 2.13. The second kappa shape index (κ2) is 6.39. The SMILES string of the molecule is CC(CNc1c(Cl)cccc1[N+](=O)[O-])c1ccccc1. The molecular weight excluding hydrogens is 276 g/mol. The molecule has 0 bridgehead atoms. The lowest BCUT2D eigenvalue weighted by atomic mass is 10.0. The van der Waals surface area contributed by atoms with Crippen LogP contribution in [0.5, 0.6) is 0 Å². The fourth-order valence-corrected chi connectivity index (χ4v) is 2.23. The number of rotatable bonds is 5. The highest BCUT2D eigenvalue weighted by Gasteiger charge is 2.17. The quantitative estimate of drug-likeness (QED) is 0.653. The Morgan fingerprint density at radius 3 is 2.55 bits per heavy atom. The lowest BCUT2D eigenvalue weighted by molar-refractivity contribution is -0.383. The summed E-state index contributed by atoms with van der Waals surface area (Å²) in [6.07, 6.45) is 0. The highest BCUT2D eigenvalue weighted by atomic mass is 35.5. The van der Waals surface area contributed by atoms with Crippen LogP contribution < -0.4 is 5.32 Å². The van der Waals surface area contributed by atoms with E-state index >= 15 is 0 Å². The third-order valence-corrected chi connectivity index (χ3v) is 3.46. The van der Waals surface area contributed by atoms with E-state index in [0.29, 0.717) is 17.3 Å². The topological polar surface area (TPSA) is 55.2 Å². The molecule has 2 aromatic carbocycles. The first-order chi connectivity index (χ1) is 9.59. The Hall–Kier alpha value is -2.07. The van der Waals surface area contributed by atoms with E-state index in [1.54, 1.807) is 12.1 Å². The van der Waals surface area contributed by atoms with Crippen LogP contribution in [0.15, 0.2) is 48.5 Å². The zero-order chi connectivity index (χ0) is 14.5. The lowest BCUT2D eigenvalue weighted by Gasteiger charge is -2.14. The number of nitro groups is 1. The van der Waals surface area contributed by atoms with Crippen molar-refractivity contribution in [2.45, 2.75) is 12.8 Å². The number of anilines is 1. The van der Waals surface area contributed by atoms with Gasteiger partial charge in [0.2, 0.25) is 0 Å². The Morgan fingerprint density at radius 2 is 1.90 bits per heavy atom. The van der Waals surface area contributed by atoms with Crippen molar-refractivity contribution in [3.63, 3.8) is 0 Å². The van der Waals surface area contributed by atoms with Gasteiger partial charge in [-0.1, -0.05) is 54.9 Å². The molecule has 5 heteroatoms. The summed E-state index contributed by atoms with van der Waals surface area (Å²) in [5.74, 6) is 0.229. The standard InChI is InChI=1S/C15H15ClN2O2/c1-11(12-6-3-2-4-7-12)10-17-15-13(16)8-5-9-14(15)18(19)20/h2-9,11,17H,10H2,1H3. The van der Waals surface area contributed by atoms with Crippen LogP contribution in [0.3, 0.4) is 0 Å². The second-order valence-electron chi connectivity index (χ2n) is 4.58. The van der Waals surface area contributed by atoms with Gasteiger partial charge in [-0.3, -0.25) is 10.1 Å². The Morgan fingerprint density at radius 1 is 1.20 bits per heavy atom. The van der Waals surface area contributed by atoms with Gasteiger partial charge in [-0.2, -0.15) is 0 Å². The van der Waals surface area contributed by atoms with E-state index in [1.807, 2.05) is 30.3 Å². The second-order valence-corrected chi connectivity index (χ2v) is 4.99. The molecule has 0 aromatic heterocycles. The van der Waals surface area contributed by atoms with Gasteiger partial charge in [-0.05, 0) is 17.5 Å². The Kier molecular flexibility index (Phi) is 4.58. The van der Waals surface area contributed by atoms with Crippen molar-refractivity contribution in [3.8, 4) is 0 Å². The Bertz CT molecular complexity index is 602. The first-order valence-corrected chi connectivity index (χ1v) is 6.69. The summed E-state index contributed by atoms with van der Waals surface area (Å²) in [4.78, 5) is 10.6. The van der Waals surface area contributed by atoms with Crippen LogP contribution in [0, 0.1) is 10.1 Å². The monoisotopic (exact) mass is 290 g/mol. The predicted octanol–water partition coefficient (Wildman–Crippen LogP) is 4.46. The smallest absolute Gasteiger partial charge is 0.293 e. The van der Waals surface area contributed by atoms with Crippen LogP contribution >= 0.6 is 11.6 Å². The summed E-state index contributed by atoms with van der Waals surface area (Å²) >= 11 is 6.04. The van der Waals surface area contributed by atoms with Gasteiger partial charge in [0.25, 0.3) is 5.69 Å². The molecule has 0 aliphatic rings. The van der Waals surface area contributed by atoms with Crippen LogP contribution in [0.25, 0.3) is 0 Å². The van der Waals surface area contributed by atoms with Crippen molar-refractivity contribution in [1.82, 2.24) is 0 Å². The van der Waals surface area contributed by atoms with Crippen LogP contribution in [-0.2, 0) is 0 Å². The van der Waals surface area contributed by atoms with E-state index in [0.717, 1.165) is 0 Å². The number of para-hydroxylation sites is 1. The van der Waals surface area contributed by atoms with Gasteiger partial charge in [0, 0.05) is 12.6 Å². The van der Waals surface area contributed by atoms with Crippen LogP contribution in [0.4, 0.5) is 11.4 Å². The van der Waals surface area contributed by atoms with E-state index in [1.165, 1.54) is 11.6 Å². The molecule has 2 rings (SSSR count). The molecule has 0 heterocycles. The first kappa shape index (κ1) is 14.3. The van der Waals surface area contributed by atoms with Gasteiger partial charge in [0.1, 0.15) is 5.69 Å². The summed E-state index contributed by atoms with van der Waals surface area (Å²) in [7, 11) is 0. The lowest BCUT2D eigenvalue weighted by Crippen LogP contribution is -2.11. The summed E-state index contributed by atoms with van der Waals surface area (Å²) in [5.41, 5.74) is 1.55. The molecule has 1 N–H and O–H groups in total. The van der Waals surface area contributed by atoms with Crippen molar-refractivity contribution >= 4 is 23.0 Å². The maximum absolute atomic E-state index is 11.0. The molecule has 0 radical (unpaired) electrons. The van der Waals surface area contributed by atoms with E-state index in [4.69, 9.17) is 11.6 Å². The third-order valence-electron chi connectivity index (χ3n) is 3.14. The molecule has 0 amide bonds. The van der Waals surface area contributed by atoms with Crippen LogP contribution in [0.2, 0.25) is 5.02 Å². The van der Waals surface area contributed by atoms with E-state index in [-0.39, 0.29) is 11.6 Å². The zero-order valence-electron chi connectivity index (χ0n) is 11.0. The van der Waals surface area contributed by atoms with Gasteiger partial charge in [0.05, 0.1) is 9.95 Å². The molecule has 0 spiro atoms. The molecule has 0 saturated carbocycles. The minimum atomic E-state index is -0.429. The highest BCUT2D eigenvalue weighted by molar-refractivity contribution is 6.33. The molecule has 0 saturated heterocycles. The molecule has 104 valence electrons. The number of hydrogen-bond donors (Lipinski definition) is 1. The fraction of sp³-hybridized carbons (Fsp3) is 0.200. The number of nitrogens with one attached hydrogen (secondary N) is 1. The molecule has 0 fully saturated rings. The summed E-state index contributed by atoms with van der Waals surface area (Å²) in [5, 5.41) is 14.4. The zero-order valence-corrected chi connectivity index (χ0v) is 11.8. The van der Waals surface area contributed by atoms with Crippen LogP contribution in [-0.4, -0.2) is 11.5 Å².